The first-order valence-corrected chi connectivity index (χ1v) is 24.0. The molecule has 1 heterocycles. The lowest BCUT2D eigenvalue weighted by Crippen LogP contribution is -2.40. The second-order valence-corrected chi connectivity index (χ2v) is 26.6. The van der Waals surface area contributed by atoms with Crippen molar-refractivity contribution < 1.29 is 23.5 Å². The van der Waals surface area contributed by atoms with E-state index in [1.165, 1.54) is 0 Å². The molecule has 262 valence electrons. The molecule has 1 aliphatic heterocycles. The second-order valence-electron chi connectivity index (χ2n) is 17.0. The van der Waals surface area contributed by atoms with Gasteiger partial charge in [-0.1, -0.05) is 80.1 Å². The van der Waals surface area contributed by atoms with Crippen LogP contribution < -0.4 is 0 Å². The van der Waals surface area contributed by atoms with Crippen LogP contribution in [0.2, 0.25) is 36.3 Å². The molecular weight excluding hydrogens is 583 g/mol. The van der Waals surface area contributed by atoms with Crippen LogP contribution in [0.5, 0.6) is 0 Å². The van der Waals surface area contributed by atoms with Crippen molar-refractivity contribution in [3.63, 3.8) is 0 Å². The molecule has 6 nitrogen and oxygen atoms in total. The fraction of sp³-hybridized carbons (Fsp3) is 0.972. The maximum atomic E-state index is 12.5. The van der Waals surface area contributed by atoms with Gasteiger partial charge in [0.15, 0.2) is 16.6 Å². The van der Waals surface area contributed by atoms with Gasteiger partial charge in [0.05, 0.1) is 18.1 Å². The first kappa shape index (κ1) is 41.8. The van der Waals surface area contributed by atoms with Crippen molar-refractivity contribution in [3.05, 3.63) is 0 Å². The average Bonchev–Trinajstić information content (AvgIpc) is 2.90. The predicted molar refractivity (Wildman–Crippen MR) is 192 cm³/mol. The molecule has 8 heteroatoms. The van der Waals surface area contributed by atoms with Gasteiger partial charge in [-0.25, -0.2) is 0 Å². The Balaban J connectivity index is 2.43. The molecule has 1 aliphatic rings. The molecule has 0 aromatic carbocycles. The first-order valence-electron chi connectivity index (χ1n) is 18.2. The Bertz CT molecular complexity index is 742. The van der Waals surface area contributed by atoms with Crippen molar-refractivity contribution >= 4 is 22.6 Å². The molecule has 0 bridgehead atoms. The lowest BCUT2D eigenvalue weighted by Gasteiger charge is -2.36. The molecule has 1 rings (SSSR count). The van der Waals surface area contributed by atoms with Crippen LogP contribution in [-0.4, -0.2) is 78.2 Å². The molecule has 44 heavy (non-hydrogen) atoms. The number of aliphatic hydroxyl groups is 1. The molecule has 1 N–H and O–H groups in total. The van der Waals surface area contributed by atoms with Crippen molar-refractivity contribution in [2.24, 2.45) is 5.92 Å². The number of ether oxygens (including phenoxy) is 1. The molecule has 0 aliphatic carbocycles. The van der Waals surface area contributed by atoms with Gasteiger partial charge in [0, 0.05) is 13.2 Å². The number of likely N-dealkylation sites (tertiary alicyclic amines) is 1. The normalized spacial score (nSPS) is 16.5. The summed E-state index contributed by atoms with van der Waals surface area (Å²) in [5, 5.41) is 12.2. The van der Waals surface area contributed by atoms with E-state index >= 15 is 0 Å². The minimum Gasteiger partial charge on any atom is -0.465 e. The number of piperidine rings is 1. The third-order valence-corrected chi connectivity index (χ3v) is 20.0. The minimum atomic E-state index is -1.67. The Kier molecular flexibility index (Phi) is 18.5. The number of unbranched alkanes of at least 4 members (excludes halogenated alkanes) is 7. The average molecular weight is 658 g/mol. The van der Waals surface area contributed by atoms with E-state index in [1.807, 2.05) is 0 Å². The van der Waals surface area contributed by atoms with Crippen LogP contribution in [0.3, 0.4) is 0 Å². The van der Waals surface area contributed by atoms with Crippen LogP contribution in [0.15, 0.2) is 0 Å². The number of nitrogens with zero attached hydrogens (tertiary/aromatic N) is 1. The number of rotatable bonds is 22. The van der Waals surface area contributed by atoms with Crippen LogP contribution >= 0.6 is 0 Å². The Hall–Kier alpha value is -0.256. The first-order chi connectivity index (χ1) is 20.3. The Morgan fingerprint density at radius 2 is 1.02 bits per heavy atom. The summed E-state index contributed by atoms with van der Waals surface area (Å²) in [5.74, 6) is 0.0334. The third kappa shape index (κ3) is 16.5. The van der Waals surface area contributed by atoms with Crippen molar-refractivity contribution in [2.75, 3.05) is 40.0 Å². The van der Waals surface area contributed by atoms with Gasteiger partial charge >= 0.3 is 5.97 Å². The van der Waals surface area contributed by atoms with Gasteiger partial charge in [0.25, 0.3) is 0 Å². The molecule has 0 atom stereocenters. The van der Waals surface area contributed by atoms with E-state index in [2.05, 4.69) is 79.7 Å². The van der Waals surface area contributed by atoms with Gasteiger partial charge in [0.1, 0.15) is 0 Å². The number of carbonyl (C=O) groups is 1. The monoisotopic (exact) mass is 658 g/mol. The van der Waals surface area contributed by atoms with E-state index in [4.69, 9.17) is 13.6 Å². The smallest absolute Gasteiger partial charge is 0.309 e. The maximum Gasteiger partial charge on any atom is 0.309 e. The van der Waals surface area contributed by atoms with Gasteiger partial charge in [0.2, 0.25) is 0 Å². The predicted octanol–water partition coefficient (Wildman–Crippen LogP) is 9.72. The number of esters is 1. The summed E-state index contributed by atoms with van der Waals surface area (Å²) < 4.78 is 18.3. The Morgan fingerprint density at radius 1 is 0.659 bits per heavy atom. The van der Waals surface area contributed by atoms with Gasteiger partial charge < -0.3 is 23.6 Å². The fourth-order valence-corrected chi connectivity index (χ4v) is 7.55. The van der Waals surface area contributed by atoms with E-state index in [-0.39, 0.29) is 22.0 Å². The summed E-state index contributed by atoms with van der Waals surface area (Å²) >= 11 is 0. The van der Waals surface area contributed by atoms with Gasteiger partial charge in [-0.3, -0.25) is 4.79 Å². The fourth-order valence-electron chi connectivity index (χ4n) is 5.37. The number of hydrogen-bond donors (Lipinski definition) is 1. The number of carbonyl (C=O) groups excluding carboxylic acids is 1. The molecule has 0 radical (unpaired) electrons. The van der Waals surface area contributed by atoms with Gasteiger partial charge in [-0.05, 0) is 114 Å². The SMILES string of the molecule is CN1CCC(C(=O)OCCCCC(O)(CCCCCCO[Si](C)(C)C(C)(C)C)CCCCCCO[Si](C)(C)C(C)(C)C)CC1. The molecule has 0 saturated carbocycles. The molecule has 1 saturated heterocycles. The molecule has 0 aromatic heterocycles. The van der Waals surface area contributed by atoms with Gasteiger partial charge in [-0.2, -0.15) is 0 Å². The van der Waals surface area contributed by atoms with Crippen molar-refractivity contribution in [2.45, 2.75) is 180 Å². The lowest BCUT2D eigenvalue weighted by molar-refractivity contribution is -0.150. The quantitative estimate of drug-likeness (QED) is 0.0710. The van der Waals surface area contributed by atoms with Crippen LogP contribution in [0.25, 0.3) is 0 Å². The summed E-state index contributed by atoms with van der Waals surface area (Å²) in [6.07, 6.45) is 15.0. The Labute approximate surface area is 276 Å². The molecule has 0 aromatic rings. The third-order valence-electron chi connectivity index (χ3n) is 10.9. The molecule has 0 spiro atoms. The largest absolute Gasteiger partial charge is 0.465 e. The lowest BCUT2D eigenvalue weighted by atomic mass is 9.85. The molecule has 1 fully saturated rings. The van der Waals surface area contributed by atoms with Crippen molar-refractivity contribution in [3.8, 4) is 0 Å². The standard InChI is InChI=1S/C36H75NO5Si2/c1-34(2,3)43(8,9)41-30-19-14-12-16-24-36(39,25-17-13-15-20-31-42-44(10,11)35(4,5)6)26-18-21-29-40-33(38)32-22-27-37(7)28-23-32/h32,39H,12-31H2,1-11H3. The molecule has 0 amide bonds. The van der Waals surface area contributed by atoms with Crippen LogP contribution in [0.4, 0.5) is 0 Å². The number of hydrogen-bond acceptors (Lipinski definition) is 6. The van der Waals surface area contributed by atoms with E-state index in [0.29, 0.717) is 6.61 Å². The highest BCUT2D eigenvalue weighted by atomic mass is 28.4. The highest BCUT2D eigenvalue weighted by molar-refractivity contribution is 6.74. The van der Waals surface area contributed by atoms with Crippen molar-refractivity contribution in [1.29, 1.82) is 0 Å². The maximum absolute atomic E-state index is 12.5. The zero-order valence-electron chi connectivity index (χ0n) is 31.2. The zero-order valence-corrected chi connectivity index (χ0v) is 33.2. The van der Waals surface area contributed by atoms with Crippen LogP contribution in [-0.2, 0) is 18.4 Å². The highest BCUT2D eigenvalue weighted by Crippen LogP contribution is 2.37. The second kappa shape index (κ2) is 19.5. The zero-order chi connectivity index (χ0) is 33.5. The van der Waals surface area contributed by atoms with Crippen LogP contribution in [0, 0.1) is 5.92 Å². The molecule has 0 unspecified atom stereocenters. The van der Waals surface area contributed by atoms with Gasteiger partial charge in [-0.15, -0.1) is 0 Å². The van der Waals surface area contributed by atoms with E-state index in [1.54, 1.807) is 0 Å². The Morgan fingerprint density at radius 3 is 1.43 bits per heavy atom. The van der Waals surface area contributed by atoms with E-state index in [0.717, 1.165) is 123 Å². The summed E-state index contributed by atoms with van der Waals surface area (Å²) in [6, 6.07) is 0. The van der Waals surface area contributed by atoms with E-state index < -0.39 is 22.2 Å². The topological polar surface area (TPSA) is 68.2 Å². The minimum absolute atomic E-state index is 0.0246. The van der Waals surface area contributed by atoms with Crippen molar-refractivity contribution in [1.82, 2.24) is 4.90 Å². The summed E-state index contributed by atoms with van der Waals surface area (Å²) in [4.78, 5) is 14.7. The molecular formula is C36H75NO5Si2. The summed E-state index contributed by atoms with van der Waals surface area (Å²) in [5.41, 5.74) is -0.618. The summed E-state index contributed by atoms with van der Waals surface area (Å²) in [7, 11) is -1.23. The van der Waals surface area contributed by atoms with Crippen LogP contribution in [0.1, 0.15) is 138 Å². The highest BCUT2D eigenvalue weighted by Gasteiger charge is 2.37. The summed E-state index contributed by atoms with van der Waals surface area (Å²) in [6.45, 7) is 27.2. The van der Waals surface area contributed by atoms with E-state index in [9.17, 15) is 9.90 Å².